The highest BCUT2D eigenvalue weighted by Crippen LogP contribution is 2.50. The van der Waals surface area contributed by atoms with Crippen LogP contribution in [0, 0.1) is 5.92 Å². The Labute approximate surface area is 133 Å². The Morgan fingerprint density at radius 3 is 2.32 bits per heavy atom. The minimum absolute atomic E-state index is 0.491. The molecule has 2 aliphatic rings. The van der Waals surface area contributed by atoms with E-state index in [0.717, 1.165) is 0 Å². The van der Waals surface area contributed by atoms with Gasteiger partial charge in [0.2, 0.25) is 0 Å². The first-order chi connectivity index (χ1) is 10.7. The van der Waals surface area contributed by atoms with E-state index in [1.807, 2.05) is 0 Å². The standard InChI is InChI=1S/C22H22/c1-15(2)13-18-14-17-8-4-6-10-20(17)22(18)21-12-11-16-7-3-5-9-19(16)21/h3-12,14-15,21-22H,13H2,1-2H3. The van der Waals surface area contributed by atoms with Gasteiger partial charge in [0.05, 0.1) is 0 Å². The fourth-order valence-electron chi connectivity index (χ4n) is 4.06. The maximum Gasteiger partial charge on any atom is 0.0161 e. The van der Waals surface area contributed by atoms with E-state index in [-0.39, 0.29) is 0 Å². The van der Waals surface area contributed by atoms with Crippen molar-refractivity contribution in [1.29, 1.82) is 0 Å². The Hall–Kier alpha value is -2.08. The number of benzene rings is 2. The molecule has 0 amide bonds. The average molecular weight is 286 g/mol. The third kappa shape index (κ3) is 2.14. The third-order valence-electron chi connectivity index (χ3n) is 4.91. The van der Waals surface area contributed by atoms with Gasteiger partial charge in [-0.1, -0.05) is 86.2 Å². The number of rotatable bonds is 3. The van der Waals surface area contributed by atoms with E-state index < -0.39 is 0 Å². The SMILES string of the molecule is CC(C)CC1=Cc2ccccc2C1C1C=Cc2ccccc21. The zero-order valence-electron chi connectivity index (χ0n) is 13.3. The molecule has 0 aromatic heterocycles. The summed E-state index contributed by atoms with van der Waals surface area (Å²) in [6, 6.07) is 17.8. The molecule has 0 saturated carbocycles. The quantitative estimate of drug-likeness (QED) is 0.646. The van der Waals surface area contributed by atoms with Crippen LogP contribution in [0.2, 0.25) is 0 Å². The molecule has 0 heteroatoms. The first-order valence-electron chi connectivity index (χ1n) is 8.30. The van der Waals surface area contributed by atoms with Crippen molar-refractivity contribution in [2.45, 2.75) is 32.1 Å². The molecular formula is C22H22. The molecule has 0 heterocycles. The van der Waals surface area contributed by atoms with Gasteiger partial charge in [0.25, 0.3) is 0 Å². The van der Waals surface area contributed by atoms with Gasteiger partial charge in [-0.2, -0.15) is 0 Å². The monoisotopic (exact) mass is 286 g/mol. The molecule has 22 heavy (non-hydrogen) atoms. The molecule has 2 atom stereocenters. The lowest BCUT2D eigenvalue weighted by Crippen LogP contribution is -2.10. The number of hydrogen-bond donors (Lipinski definition) is 0. The summed E-state index contributed by atoms with van der Waals surface area (Å²) in [5, 5.41) is 0. The highest BCUT2D eigenvalue weighted by Gasteiger charge is 2.34. The number of fused-ring (bicyclic) bond motifs is 2. The van der Waals surface area contributed by atoms with Crippen molar-refractivity contribution in [2.75, 3.05) is 0 Å². The first kappa shape index (κ1) is 13.6. The molecule has 0 spiro atoms. The van der Waals surface area contributed by atoms with Crippen molar-refractivity contribution in [3.05, 3.63) is 82.4 Å². The minimum Gasteiger partial charge on any atom is -0.0754 e. The Morgan fingerprint density at radius 2 is 1.55 bits per heavy atom. The minimum atomic E-state index is 0.491. The van der Waals surface area contributed by atoms with Gasteiger partial charge in [0.15, 0.2) is 0 Å². The third-order valence-corrected chi connectivity index (χ3v) is 4.91. The average Bonchev–Trinajstić information content (AvgIpc) is 3.07. The van der Waals surface area contributed by atoms with Crippen LogP contribution >= 0.6 is 0 Å². The fraction of sp³-hybridized carbons (Fsp3) is 0.273. The highest BCUT2D eigenvalue weighted by atomic mass is 14.4. The molecule has 0 bridgehead atoms. The molecule has 0 radical (unpaired) electrons. The maximum atomic E-state index is 2.44. The molecule has 2 aliphatic carbocycles. The molecule has 0 saturated heterocycles. The lowest BCUT2D eigenvalue weighted by atomic mass is 9.78. The highest BCUT2D eigenvalue weighted by molar-refractivity contribution is 5.71. The lowest BCUT2D eigenvalue weighted by Gasteiger charge is -2.25. The van der Waals surface area contributed by atoms with Crippen LogP contribution in [0.1, 0.15) is 54.4 Å². The van der Waals surface area contributed by atoms with Crippen molar-refractivity contribution < 1.29 is 0 Å². The van der Waals surface area contributed by atoms with Gasteiger partial charge in [-0.25, -0.2) is 0 Å². The summed E-state index contributed by atoms with van der Waals surface area (Å²) in [6.07, 6.45) is 8.33. The van der Waals surface area contributed by atoms with Gasteiger partial charge in [0, 0.05) is 11.8 Å². The molecule has 0 fully saturated rings. The zero-order chi connectivity index (χ0) is 15.1. The molecule has 2 aromatic carbocycles. The van der Waals surface area contributed by atoms with Gasteiger partial charge in [-0.15, -0.1) is 0 Å². The second-order valence-corrected chi connectivity index (χ2v) is 6.94. The van der Waals surface area contributed by atoms with Crippen LogP contribution in [0.15, 0.2) is 60.2 Å². The summed E-state index contributed by atoms with van der Waals surface area (Å²) >= 11 is 0. The van der Waals surface area contributed by atoms with E-state index in [2.05, 4.69) is 80.6 Å². The normalized spacial score (nSPS) is 21.9. The number of allylic oxidation sites excluding steroid dienone is 2. The van der Waals surface area contributed by atoms with Gasteiger partial charge in [-0.05, 0) is 34.6 Å². The van der Waals surface area contributed by atoms with Crippen molar-refractivity contribution in [2.24, 2.45) is 5.92 Å². The maximum absolute atomic E-state index is 2.44. The van der Waals surface area contributed by atoms with E-state index in [4.69, 9.17) is 0 Å². The van der Waals surface area contributed by atoms with Crippen molar-refractivity contribution in [3.63, 3.8) is 0 Å². The van der Waals surface area contributed by atoms with E-state index in [1.165, 1.54) is 28.7 Å². The smallest absolute Gasteiger partial charge is 0.0161 e. The van der Waals surface area contributed by atoms with Crippen LogP contribution in [-0.4, -0.2) is 0 Å². The van der Waals surface area contributed by atoms with Crippen molar-refractivity contribution in [3.8, 4) is 0 Å². The predicted molar refractivity (Wildman–Crippen MR) is 94.8 cm³/mol. The van der Waals surface area contributed by atoms with Gasteiger partial charge >= 0.3 is 0 Å². The van der Waals surface area contributed by atoms with Crippen LogP contribution in [-0.2, 0) is 0 Å². The van der Waals surface area contributed by atoms with Crippen LogP contribution in [0.25, 0.3) is 12.2 Å². The molecule has 4 rings (SSSR count). The van der Waals surface area contributed by atoms with E-state index in [0.29, 0.717) is 17.8 Å². The molecular weight excluding hydrogens is 264 g/mol. The summed E-state index contributed by atoms with van der Waals surface area (Å²) in [6.45, 7) is 4.64. The van der Waals surface area contributed by atoms with Crippen molar-refractivity contribution in [1.82, 2.24) is 0 Å². The van der Waals surface area contributed by atoms with Crippen molar-refractivity contribution >= 4 is 12.2 Å². The summed E-state index contributed by atoms with van der Waals surface area (Å²) in [7, 11) is 0. The van der Waals surface area contributed by atoms with Gasteiger partial charge in [0.1, 0.15) is 0 Å². The van der Waals surface area contributed by atoms with Crippen LogP contribution in [0.5, 0.6) is 0 Å². The van der Waals surface area contributed by atoms with Gasteiger partial charge in [-0.3, -0.25) is 0 Å². The van der Waals surface area contributed by atoms with Crippen LogP contribution < -0.4 is 0 Å². The van der Waals surface area contributed by atoms with E-state index in [9.17, 15) is 0 Å². The lowest BCUT2D eigenvalue weighted by molar-refractivity contribution is 0.591. The first-order valence-corrected chi connectivity index (χ1v) is 8.30. The topological polar surface area (TPSA) is 0 Å². The summed E-state index contributed by atoms with van der Waals surface area (Å²) in [5.41, 5.74) is 7.40. The Balaban J connectivity index is 1.79. The molecule has 0 N–H and O–H groups in total. The zero-order valence-corrected chi connectivity index (χ0v) is 13.3. The Kier molecular flexibility index (Phi) is 3.26. The Morgan fingerprint density at radius 1 is 0.864 bits per heavy atom. The summed E-state index contributed by atoms with van der Waals surface area (Å²) < 4.78 is 0. The molecule has 0 aliphatic heterocycles. The van der Waals surface area contributed by atoms with Crippen LogP contribution in [0.4, 0.5) is 0 Å². The molecule has 0 nitrogen and oxygen atoms in total. The second-order valence-electron chi connectivity index (χ2n) is 6.94. The van der Waals surface area contributed by atoms with Gasteiger partial charge < -0.3 is 0 Å². The second kappa shape index (κ2) is 5.28. The predicted octanol–water partition coefficient (Wildman–Crippen LogP) is 6.02. The molecule has 2 unspecified atom stereocenters. The Bertz CT molecular complexity index is 761. The molecule has 110 valence electrons. The van der Waals surface area contributed by atoms with E-state index in [1.54, 1.807) is 5.57 Å². The van der Waals surface area contributed by atoms with Crippen LogP contribution in [0.3, 0.4) is 0 Å². The fourth-order valence-corrected chi connectivity index (χ4v) is 4.06. The molecule has 2 aromatic rings. The summed E-state index contributed by atoms with van der Waals surface area (Å²) in [4.78, 5) is 0. The van der Waals surface area contributed by atoms with E-state index >= 15 is 0 Å². The largest absolute Gasteiger partial charge is 0.0754 e. The summed E-state index contributed by atoms with van der Waals surface area (Å²) in [5.74, 6) is 1.70. The number of hydrogen-bond acceptors (Lipinski definition) is 0.